The first-order valence-corrected chi connectivity index (χ1v) is 8.31. The first-order valence-electron chi connectivity index (χ1n) is 7.11. The highest BCUT2D eigenvalue weighted by Gasteiger charge is 2.24. The average Bonchev–Trinajstić information content (AvgIpc) is 2.95. The van der Waals surface area contributed by atoms with Crippen LogP contribution in [0.4, 0.5) is 4.79 Å². The SMILES string of the molecule is CC(C)(C)OC(=O)NCC1CCN(Cc2cnc(Cl)s2)C1. The number of halogens is 1. The van der Waals surface area contributed by atoms with Crippen molar-refractivity contribution >= 4 is 29.0 Å². The molecule has 0 aromatic carbocycles. The Morgan fingerprint density at radius 3 is 3.00 bits per heavy atom. The summed E-state index contributed by atoms with van der Waals surface area (Å²) in [5.74, 6) is 0.473. The van der Waals surface area contributed by atoms with Gasteiger partial charge in [-0.3, -0.25) is 4.90 Å². The van der Waals surface area contributed by atoms with E-state index in [-0.39, 0.29) is 6.09 Å². The minimum absolute atomic E-state index is 0.338. The molecule has 1 aromatic heterocycles. The Balaban J connectivity index is 1.69. The van der Waals surface area contributed by atoms with Gasteiger partial charge in [-0.1, -0.05) is 11.6 Å². The standard InChI is InChI=1S/C14H22ClN3O2S/c1-14(2,3)20-13(19)17-6-10-4-5-18(8-10)9-11-7-16-12(15)21-11/h7,10H,4-6,8-9H2,1-3H3,(H,17,19). The topological polar surface area (TPSA) is 54.5 Å². The number of rotatable bonds is 4. The lowest BCUT2D eigenvalue weighted by atomic mass is 10.1. The number of ether oxygens (including phenoxy) is 1. The number of likely N-dealkylation sites (tertiary alicyclic amines) is 1. The van der Waals surface area contributed by atoms with Gasteiger partial charge in [0.1, 0.15) is 5.60 Å². The number of hydrogen-bond donors (Lipinski definition) is 1. The van der Waals surface area contributed by atoms with Crippen LogP contribution in [0.1, 0.15) is 32.1 Å². The van der Waals surface area contributed by atoms with Crippen LogP contribution in [-0.2, 0) is 11.3 Å². The van der Waals surface area contributed by atoms with Crippen molar-refractivity contribution in [2.75, 3.05) is 19.6 Å². The monoisotopic (exact) mass is 331 g/mol. The molecule has 0 bridgehead atoms. The highest BCUT2D eigenvalue weighted by Crippen LogP contribution is 2.23. The second-order valence-corrected chi connectivity index (χ2v) is 8.05. The average molecular weight is 332 g/mol. The van der Waals surface area contributed by atoms with E-state index in [0.717, 1.165) is 26.1 Å². The number of carbonyl (C=O) groups excluding carboxylic acids is 1. The lowest BCUT2D eigenvalue weighted by Crippen LogP contribution is -2.35. The fourth-order valence-electron chi connectivity index (χ4n) is 2.34. The van der Waals surface area contributed by atoms with Crippen LogP contribution in [0.5, 0.6) is 0 Å². The lowest BCUT2D eigenvalue weighted by Gasteiger charge is -2.20. The Morgan fingerprint density at radius 2 is 2.38 bits per heavy atom. The zero-order valence-corrected chi connectivity index (χ0v) is 14.3. The van der Waals surface area contributed by atoms with Crippen LogP contribution in [-0.4, -0.2) is 41.2 Å². The number of thiazole rings is 1. The molecule has 1 unspecified atom stereocenters. The number of aromatic nitrogens is 1. The smallest absolute Gasteiger partial charge is 0.407 e. The molecule has 0 saturated carbocycles. The quantitative estimate of drug-likeness (QED) is 0.921. The molecule has 1 aliphatic rings. The number of hydrogen-bond acceptors (Lipinski definition) is 5. The van der Waals surface area contributed by atoms with Crippen LogP contribution in [0.2, 0.25) is 4.47 Å². The van der Waals surface area contributed by atoms with Gasteiger partial charge in [-0.25, -0.2) is 9.78 Å². The van der Waals surface area contributed by atoms with E-state index in [1.54, 1.807) is 0 Å². The first kappa shape index (κ1) is 16.5. The van der Waals surface area contributed by atoms with Crippen molar-refractivity contribution in [2.45, 2.75) is 39.3 Å². The van der Waals surface area contributed by atoms with Crippen LogP contribution < -0.4 is 5.32 Å². The van der Waals surface area contributed by atoms with Crippen molar-refractivity contribution in [2.24, 2.45) is 5.92 Å². The molecule has 5 nitrogen and oxygen atoms in total. The summed E-state index contributed by atoms with van der Waals surface area (Å²) in [6.07, 6.45) is 2.58. The van der Waals surface area contributed by atoms with Crippen molar-refractivity contribution in [3.05, 3.63) is 15.5 Å². The highest BCUT2D eigenvalue weighted by atomic mass is 35.5. The molecule has 7 heteroatoms. The van der Waals surface area contributed by atoms with Crippen LogP contribution >= 0.6 is 22.9 Å². The molecule has 0 spiro atoms. The summed E-state index contributed by atoms with van der Waals surface area (Å²) in [6, 6.07) is 0. The second kappa shape index (κ2) is 6.94. The second-order valence-electron chi connectivity index (χ2n) is 6.35. The summed E-state index contributed by atoms with van der Waals surface area (Å²) >= 11 is 7.36. The van der Waals surface area contributed by atoms with Crippen LogP contribution in [0.3, 0.4) is 0 Å². The van der Waals surface area contributed by atoms with E-state index in [4.69, 9.17) is 16.3 Å². The molecule has 1 atom stereocenters. The molecule has 0 aliphatic carbocycles. The van der Waals surface area contributed by atoms with Crippen molar-refractivity contribution in [1.82, 2.24) is 15.2 Å². The third kappa shape index (κ3) is 5.80. The molecule has 1 N–H and O–H groups in total. The van der Waals surface area contributed by atoms with E-state index in [0.29, 0.717) is 16.9 Å². The largest absolute Gasteiger partial charge is 0.444 e. The fourth-order valence-corrected chi connectivity index (χ4v) is 3.36. The molecule has 1 fully saturated rings. The third-order valence-electron chi connectivity index (χ3n) is 3.21. The van der Waals surface area contributed by atoms with E-state index < -0.39 is 5.60 Å². The molecule has 21 heavy (non-hydrogen) atoms. The maximum atomic E-state index is 11.6. The molecule has 2 heterocycles. The minimum Gasteiger partial charge on any atom is -0.444 e. The highest BCUT2D eigenvalue weighted by molar-refractivity contribution is 7.15. The predicted molar refractivity (Wildman–Crippen MR) is 84.7 cm³/mol. The first-order chi connectivity index (χ1) is 9.82. The van der Waals surface area contributed by atoms with Gasteiger partial charge in [-0.2, -0.15) is 0 Å². The van der Waals surface area contributed by atoms with Gasteiger partial charge in [-0.05, 0) is 39.7 Å². The van der Waals surface area contributed by atoms with Crippen LogP contribution in [0.25, 0.3) is 0 Å². The number of alkyl carbamates (subject to hydrolysis) is 1. The third-order valence-corrected chi connectivity index (χ3v) is 4.31. The Hall–Kier alpha value is -0.850. The van der Waals surface area contributed by atoms with Gasteiger partial charge in [0.2, 0.25) is 0 Å². The molecule has 2 rings (SSSR count). The van der Waals surface area contributed by atoms with Crippen molar-refractivity contribution < 1.29 is 9.53 Å². The normalized spacial score (nSPS) is 19.7. The Bertz CT molecular complexity index is 487. The van der Waals surface area contributed by atoms with Crippen LogP contribution in [0, 0.1) is 5.92 Å². The Morgan fingerprint density at radius 1 is 1.62 bits per heavy atom. The van der Waals surface area contributed by atoms with Crippen molar-refractivity contribution in [1.29, 1.82) is 0 Å². The van der Waals surface area contributed by atoms with Gasteiger partial charge in [0.15, 0.2) is 4.47 Å². The summed E-state index contributed by atoms with van der Waals surface area (Å²) < 4.78 is 5.83. The summed E-state index contributed by atoms with van der Waals surface area (Å²) in [5, 5.41) is 2.85. The Labute approximate surface area is 134 Å². The molecule has 0 radical (unpaired) electrons. The fraction of sp³-hybridized carbons (Fsp3) is 0.714. The maximum absolute atomic E-state index is 11.6. The van der Waals surface area contributed by atoms with Gasteiger partial charge in [0.25, 0.3) is 0 Å². The van der Waals surface area contributed by atoms with E-state index in [2.05, 4.69) is 15.2 Å². The minimum atomic E-state index is -0.447. The van der Waals surface area contributed by atoms with Gasteiger partial charge < -0.3 is 10.1 Å². The molecule has 118 valence electrons. The van der Waals surface area contributed by atoms with E-state index in [9.17, 15) is 4.79 Å². The number of nitrogens with one attached hydrogen (secondary N) is 1. The zero-order chi connectivity index (χ0) is 15.5. The molecule has 1 aliphatic heterocycles. The molecule has 1 saturated heterocycles. The zero-order valence-electron chi connectivity index (χ0n) is 12.7. The summed E-state index contributed by atoms with van der Waals surface area (Å²) in [5.41, 5.74) is -0.447. The van der Waals surface area contributed by atoms with Gasteiger partial charge >= 0.3 is 6.09 Å². The van der Waals surface area contributed by atoms with Gasteiger partial charge in [0.05, 0.1) is 0 Å². The summed E-state index contributed by atoms with van der Waals surface area (Å²) in [4.78, 5) is 19.2. The maximum Gasteiger partial charge on any atom is 0.407 e. The molecular weight excluding hydrogens is 310 g/mol. The van der Waals surface area contributed by atoms with Crippen molar-refractivity contribution in [3.63, 3.8) is 0 Å². The van der Waals surface area contributed by atoms with E-state index in [1.165, 1.54) is 16.2 Å². The molecule has 1 amide bonds. The Kier molecular flexibility index (Phi) is 5.46. The molecular formula is C14H22ClN3O2S. The summed E-state index contributed by atoms with van der Waals surface area (Å²) in [7, 11) is 0. The number of nitrogens with zero attached hydrogens (tertiary/aromatic N) is 2. The van der Waals surface area contributed by atoms with Gasteiger partial charge in [0, 0.05) is 30.7 Å². The van der Waals surface area contributed by atoms with Crippen molar-refractivity contribution in [3.8, 4) is 0 Å². The van der Waals surface area contributed by atoms with Crippen LogP contribution in [0.15, 0.2) is 6.20 Å². The number of carbonyl (C=O) groups is 1. The molecule has 1 aromatic rings. The van der Waals surface area contributed by atoms with E-state index in [1.807, 2.05) is 27.0 Å². The summed E-state index contributed by atoms with van der Waals surface area (Å²) in [6.45, 7) is 9.15. The van der Waals surface area contributed by atoms with Gasteiger partial charge in [-0.15, -0.1) is 11.3 Å². The number of amides is 1. The van der Waals surface area contributed by atoms with E-state index >= 15 is 0 Å². The lowest BCUT2D eigenvalue weighted by molar-refractivity contribution is 0.0519. The predicted octanol–water partition coefficient (Wildman–Crippen LogP) is 3.14.